The first-order valence-electron chi connectivity index (χ1n) is 21.7. The predicted molar refractivity (Wildman–Crippen MR) is 262 cm³/mol. The zero-order valence-corrected chi connectivity index (χ0v) is 40.9. The summed E-state index contributed by atoms with van der Waals surface area (Å²) in [4.78, 5) is 15.0. The molecule has 0 amide bonds. The second-order valence-electron chi connectivity index (χ2n) is 18.0. The van der Waals surface area contributed by atoms with Gasteiger partial charge in [0.2, 0.25) is 0 Å². The second kappa shape index (κ2) is 17.6. The van der Waals surface area contributed by atoms with E-state index in [4.69, 9.17) is 14.4 Å². The van der Waals surface area contributed by atoms with Crippen molar-refractivity contribution in [2.45, 2.75) is 73.0 Å². The molecule has 0 spiro atoms. The Labute approximate surface area is 385 Å². The molecule has 0 saturated heterocycles. The molecule has 10 rings (SSSR count). The topological polar surface area (TPSA) is 56.7 Å². The van der Waals surface area contributed by atoms with Crippen molar-refractivity contribution in [3.05, 3.63) is 174 Å². The molecule has 0 aliphatic heterocycles. The number of aromatic nitrogens is 4. The van der Waals surface area contributed by atoms with Crippen LogP contribution in [0.5, 0.6) is 0 Å². The number of imidazole rings is 1. The van der Waals surface area contributed by atoms with Crippen molar-refractivity contribution in [1.29, 1.82) is 0 Å². The minimum absolute atomic E-state index is 0. The van der Waals surface area contributed by atoms with Crippen molar-refractivity contribution in [2.75, 3.05) is 0 Å². The maximum atomic E-state index is 6.56. The number of nitrogens with zero attached hydrogens (tertiary/aromatic N) is 4. The molecule has 7 heteroatoms. The number of aryl methyl sites for hydroxylation is 2. The van der Waals surface area contributed by atoms with E-state index in [2.05, 4.69) is 186 Å². The Balaban J connectivity index is 0.000000255. The molecule has 10 aromatic rings. The molecule has 5 nitrogen and oxygen atoms in total. The molecule has 1 radical (unpaired) electrons. The van der Waals surface area contributed by atoms with Crippen molar-refractivity contribution < 1.29 is 24.5 Å². The number of pyridine rings is 2. The number of hydrogen-bond donors (Lipinski definition) is 0. The van der Waals surface area contributed by atoms with E-state index in [0.29, 0.717) is 0 Å². The van der Waals surface area contributed by atoms with Gasteiger partial charge < -0.3 is 14.0 Å². The zero-order valence-electron chi connectivity index (χ0n) is 37.5. The number of rotatable bonds is 7. The van der Waals surface area contributed by atoms with Gasteiger partial charge in [-0.2, -0.15) is 0 Å². The van der Waals surface area contributed by atoms with Gasteiger partial charge in [0.15, 0.2) is 5.65 Å². The van der Waals surface area contributed by atoms with Crippen LogP contribution in [-0.4, -0.2) is 27.6 Å². The van der Waals surface area contributed by atoms with Gasteiger partial charge in [-0.25, -0.2) is 4.98 Å². The van der Waals surface area contributed by atoms with Crippen molar-refractivity contribution >= 4 is 57.1 Å². The van der Waals surface area contributed by atoms with Crippen molar-refractivity contribution in [3.63, 3.8) is 0 Å². The van der Waals surface area contributed by atoms with Crippen LogP contribution < -0.4 is 5.19 Å². The zero-order chi connectivity index (χ0) is 43.3. The predicted octanol–water partition coefficient (Wildman–Crippen LogP) is 14.6. The van der Waals surface area contributed by atoms with E-state index in [1.165, 1.54) is 33.0 Å². The quantitative estimate of drug-likeness (QED) is 0.118. The van der Waals surface area contributed by atoms with Crippen molar-refractivity contribution in [3.8, 4) is 39.5 Å². The molecule has 317 valence electrons. The third-order valence-electron chi connectivity index (χ3n) is 11.9. The van der Waals surface area contributed by atoms with E-state index in [0.717, 1.165) is 77.9 Å². The molecule has 0 atom stereocenters. The summed E-state index contributed by atoms with van der Waals surface area (Å²) in [5, 5.41) is 5.84. The van der Waals surface area contributed by atoms with Gasteiger partial charge in [-0.1, -0.05) is 143 Å². The third-order valence-corrected chi connectivity index (χ3v) is 14.1. The van der Waals surface area contributed by atoms with E-state index >= 15 is 0 Å². The van der Waals surface area contributed by atoms with Crippen LogP contribution in [0.15, 0.2) is 144 Å². The normalized spacial score (nSPS) is 11.7. The molecule has 0 aliphatic rings. The molecule has 4 heterocycles. The van der Waals surface area contributed by atoms with Crippen LogP contribution in [0.25, 0.3) is 83.3 Å². The Morgan fingerprint density at radius 2 is 1.29 bits per heavy atom. The summed E-state index contributed by atoms with van der Waals surface area (Å²) in [5.74, 6) is 1.29. The Kier molecular flexibility index (Phi) is 12.2. The number of hydrogen-bond acceptors (Lipinski definition) is 4. The largest absolute Gasteiger partial charge is 0.501 e. The maximum Gasteiger partial charge on any atom is 0.169 e. The van der Waals surface area contributed by atoms with E-state index in [1.54, 1.807) is 0 Å². The van der Waals surface area contributed by atoms with Gasteiger partial charge in [0, 0.05) is 53.8 Å². The van der Waals surface area contributed by atoms with Gasteiger partial charge in [0.25, 0.3) is 0 Å². The molecule has 0 bridgehead atoms. The van der Waals surface area contributed by atoms with E-state index in [9.17, 15) is 0 Å². The standard InChI is InChI=1S/C41H34N3O.C15H18NSi.Ir/c1-24(2)34-22-28(27-14-7-6-8-15-27)23-35(25(3)4)37(34)44-38-31-18-10-9-16-29(31)26(5)42-40(38)43-41(44)33-20-13-19-32-30-17-11-12-21-36(30)45-39(32)33;1-12-10-14(13-8-6-5-7-9-13)16-11-15(12)17(2,3)4;/h6-19,21-25H,1-5H3;5-8,10-11H,1-4H3;/q2*-1;. The molecule has 0 fully saturated rings. The van der Waals surface area contributed by atoms with Gasteiger partial charge in [-0.05, 0) is 77.0 Å². The molecular weight excluding hydrogens is 965 g/mol. The maximum absolute atomic E-state index is 6.56. The number of furan rings is 1. The Hall–Kier alpha value is -5.98. The first-order valence-corrected chi connectivity index (χ1v) is 25.2. The van der Waals surface area contributed by atoms with Crippen LogP contribution in [0, 0.1) is 26.0 Å². The summed E-state index contributed by atoms with van der Waals surface area (Å²) in [7, 11) is -1.27. The van der Waals surface area contributed by atoms with Gasteiger partial charge in [-0.15, -0.1) is 54.1 Å². The first-order chi connectivity index (χ1) is 29.9. The van der Waals surface area contributed by atoms with E-state index < -0.39 is 8.07 Å². The average Bonchev–Trinajstić information content (AvgIpc) is 3.85. The van der Waals surface area contributed by atoms with Crippen LogP contribution in [0.3, 0.4) is 0 Å². The summed E-state index contributed by atoms with van der Waals surface area (Å²) in [6.45, 7) is 20.4. The van der Waals surface area contributed by atoms with Gasteiger partial charge in [0.1, 0.15) is 5.58 Å². The monoisotopic (exact) mass is 1020 g/mol. The van der Waals surface area contributed by atoms with Gasteiger partial charge >= 0.3 is 0 Å². The molecular formula is C56H52IrN4OSi-2. The number of benzene rings is 6. The summed E-state index contributed by atoms with van der Waals surface area (Å²) < 4.78 is 8.93. The summed E-state index contributed by atoms with van der Waals surface area (Å²) >= 11 is 0. The average molecular weight is 1020 g/mol. The molecule has 0 aliphatic carbocycles. The molecule has 0 N–H and O–H groups in total. The number of para-hydroxylation sites is 1. The molecule has 0 saturated carbocycles. The van der Waals surface area contributed by atoms with Crippen LogP contribution in [0.1, 0.15) is 61.9 Å². The van der Waals surface area contributed by atoms with Crippen LogP contribution in [0.2, 0.25) is 19.6 Å². The Bertz CT molecular complexity index is 3220. The fraction of sp³-hybridized carbons (Fsp3) is 0.196. The molecule has 6 aromatic carbocycles. The number of fused-ring (bicyclic) bond motifs is 6. The van der Waals surface area contributed by atoms with Crippen molar-refractivity contribution in [1.82, 2.24) is 19.5 Å². The summed E-state index contributed by atoms with van der Waals surface area (Å²) in [6, 6.07) is 53.2. The van der Waals surface area contributed by atoms with Gasteiger partial charge in [0.05, 0.1) is 25.0 Å². The first kappa shape index (κ1) is 43.7. The van der Waals surface area contributed by atoms with Crippen LogP contribution in [-0.2, 0) is 20.1 Å². The summed E-state index contributed by atoms with van der Waals surface area (Å²) in [5.41, 5.74) is 14.7. The molecule has 0 unspecified atom stereocenters. The molecule has 4 aromatic heterocycles. The minimum Gasteiger partial charge on any atom is -0.501 e. The smallest absolute Gasteiger partial charge is 0.169 e. The van der Waals surface area contributed by atoms with Crippen LogP contribution in [0.4, 0.5) is 0 Å². The van der Waals surface area contributed by atoms with E-state index in [1.807, 2.05) is 36.4 Å². The SMILES string of the molecule is Cc1cc(-c2[c-]cccc2)ncc1[Si](C)(C)C.Cc1nc2nc(-c3[c-]ccc4c3oc3ccccc34)n(-c3c(C(C)C)cc(-c4ccccc4)cc3C(C)C)c2c2ccccc12.[Ir]. The fourth-order valence-corrected chi connectivity index (χ4v) is 10.6. The Morgan fingerprint density at radius 1 is 0.635 bits per heavy atom. The third kappa shape index (κ3) is 8.22. The van der Waals surface area contributed by atoms with E-state index in [-0.39, 0.29) is 31.9 Å². The summed E-state index contributed by atoms with van der Waals surface area (Å²) in [6.07, 6.45) is 2.05. The minimum atomic E-state index is -1.27. The second-order valence-corrected chi connectivity index (χ2v) is 23.0. The van der Waals surface area contributed by atoms with Gasteiger partial charge in [-0.3, -0.25) is 4.98 Å². The van der Waals surface area contributed by atoms with Crippen molar-refractivity contribution in [2.24, 2.45) is 0 Å². The molecule has 63 heavy (non-hydrogen) atoms. The Morgan fingerprint density at radius 3 is 1.94 bits per heavy atom. The fourth-order valence-electron chi connectivity index (χ4n) is 8.85. The van der Waals surface area contributed by atoms with Crippen LogP contribution >= 0.6 is 0 Å².